The zero-order chi connectivity index (χ0) is 9.90. The van der Waals surface area contributed by atoms with Crippen LogP contribution in [0.5, 0.6) is 0 Å². The molecule has 2 fully saturated rings. The third-order valence-electron chi connectivity index (χ3n) is 3.55. The molecular formula is C11H23NO. The van der Waals surface area contributed by atoms with Gasteiger partial charge in [-0.15, -0.1) is 0 Å². The topological polar surface area (TPSA) is 23.5 Å². The molecule has 2 rings (SSSR count). The molecule has 1 aliphatic carbocycles. The second kappa shape index (κ2) is 4.43. The number of likely N-dealkylation sites (tertiary alicyclic amines) is 1. The van der Waals surface area contributed by atoms with Gasteiger partial charge in [-0.2, -0.15) is 0 Å². The molecule has 1 aliphatic heterocycles. The number of rotatable bonds is 1. The molecule has 1 saturated heterocycles. The average Bonchev–Trinajstić information content (AvgIpc) is 2.45. The first-order valence-corrected chi connectivity index (χ1v) is 5.56. The van der Waals surface area contributed by atoms with E-state index in [1.807, 2.05) is 13.8 Å². The summed E-state index contributed by atoms with van der Waals surface area (Å²) in [5, 5.41) is 9.16. The van der Waals surface area contributed by atoms with Gasteiger partial charge >= 0.3 is 0 Å². The summed E-state index contributed by atoms with van der Waals surface area (Å²) in [6, 6.07) is 0. The molecule has 1 unspecified atom stereocenters. The Morgan fingerprint density at radius 1 is 1.38 bits per heavy atom. The Bertz CT molecular complexity index is 154. The fraction of sp³-hybridized carbons (Fsp3) is 1.00. The van der Waals surface area contributed by atoms with Crippen LogP contribution in [0.3, 0.4) is 0 Å². The van der Waals surface area contributed by atoms with Crippen molar-refractivity contribution in [3.63, 3.8) is 0 Å². The Hall–Kier alpha value is -0.0800. The zero-order valence-electron chi connectivity index (χ0n) is 9.21. The molecular weight excluding hydrogens is 162 g/mol. The highest BCUT2D eigenvalue weighted by Crippen LogP contribution is 2.50. The number of aliphatic hydroxyl groups excluding tert-OH is 1. The monoisotopic (exact) mass is 185 g/mol. The lowest BCUT2D eigenvalue weighted by molar-refractivity contribution is 0.0548. The van der Waals surface area contributed by atoms with Crippen molar-refractivity contribution >= 4 is 0 Å². The van der Waals surface area contributed by atoms with E-state index in [9.17, 15) is 0 Å². The van der Waals surface area contributed by atoms with Gasteiger partial charge in [0.15, 0.2) is 0 Å². The van der Waals surface area contributed by atoms with Crippen molar-refractivity contribution in [3.05, 3.63) is 0 Å². The van der Waals surface area contributed by atoms with Gasteiger partial charge in [0.05, 0.1) is 0 Å². The van der Waals surface area contributed by atoms with Crippen LogP contribution >= 0.6 is 0 Å². The van der Waals surface area contributed by atoms with Gasteiger partial charge in [-0.1, -0.05) is 20.3 Å². The molecule has 0 amide bonds. The van der Waals surface area contributed by atoms with Crippen LogP contribution in [0.15, 0.2) is 0 Å². The summed E-state index contributed by atoms with van der Waals surface area (Å²) in [6.07, 6.45) is 4.08. The summed E-state index contributed by atoms with van der Waals surface area (Å²) < 4.78 is 0. The lowest BCUT2D eigenvalue weighted by atomic mass is 9.63. The lowest BCUT2D eigenvalue weighted by Gasteiger charge is -2.42. The smallest absolute Gasteiger partial charge is 0.0477 e. The molecule has 1 spiro atoms. The summed E-state index contributed by atoms with van der Waals surface area (Å²) in [7, 11) is 2.16. The van der Waals surface area contributed by atoms with Gasteiger partial charge in [-0.25, -0.2) is 0 Å². The molecule has 2 aliphatic rings. The van der Waals surface area contributed by atoms with Crippen LogP contribution in [0.4, 0.5) is 0 Å². The minimum atomic E-state index is 0.393. The van der Waals surface area contributed by atoms with Crippen LogP contribution < -0.4 is 0 Å². The standard InChI is InChI=1S/C9H17NO.C2H6/c1-10-5-8(6-11)9(7-10)3-2-4-9;1-2/h8,11H,2-7H2,1H3;1-2H3. The predicted molar refractivity (Wildman–Crippen MR) is 55.7 cm³/mol. The second-order valence-electron chi connectivity index (χ2n) is 4.29. The van der Waals surface area contributed by atoms with Gasteiger partial charge in [0.1, 0.15) is 0 Å². The number of hydrogen-bond donors (Lipinski definition) is 1. The fourth-order valence-electron chi connectivity index (χ4n) is 2.75. The van der Waals surface area contributed by atoms with Gasteiger partial charge < -0.3 is 10.0 Å². The maximum atomic E-state index is 9.16. The first-order chi connectivity index (χ1) is 6.27. The molecule has 1 heterocycles. The molecule has 2 heteroatoms. The third-order valence-corrected chi connectivity index (χ3v) is 3.55. The molecule has 78 valence electrons. The normalized spacial score (nSPS) is 30.9. The maximum absolute atomic E-state index is 9.16. The number of hydrogen-bond acceptors (Lipinski definition) is 2. The van der Waals surface area contributed by atoms with Crippen molar-refractivity contribution in [2.75, 3.05) is 26.7 Å². The first-order valence-electron chi connectivity index (χ1n) is 5.56. The van der Waals surface area contributed by atoms with Crippen LogP contribution in [-0.4, -0.2) is 36.8 Å². The van der Waals surface area contributed by atoms with Crippen LogP contribution in [0.2, 0.25) is 0 Å². The van der Waals surface area contributed by atoms with Crippen molar-refractivity contribution in [1.29, 1.82) is 0 Å². The van der Waals surface area contributed by atoms with Gasteiger partial charge in [0.25, 0.3) is 0 Å². The molecule has 0 radical (unpaired) electrons. The summed E-state index contributed by atoms with van der Waals surface area (Å²) in [5.74, 6) is 0.571. The lowest BCUT2D eigenvalue weighted by Crippen LogP contribution is -2.38. The molecule has 1 N–H and O–H groups in total. The van der Waals surface area contributed by atoms with Crippen molar-refractivity contribution < 1.29 is 5.11 Å². The quantitative estimate of drug-likeness (QED) is 0.672. The van der Waals surface area contributed by atoms with E-state index in [2.05, 4.69) is 11.9 Å². The van der Waals surface area contributed by atoms with Crippen molar-refractivity contribution in [2.45, 2.75) is 33.1 Å². The maximum Gasteiger partial charge on any atom is 0.0477 e. The Labute approximate surface area is 81.9 Å². The van der Waals surface area contributed by atoms with E-state index in [-0.39, 0.29) is 0 Å². The van der Waals surface area contributed by atoms with Crippen molar-refractivity contribution in [2.24, 2.45) is 11.3 Å². The van der Waals surface area contributed by atoms with E-state index in [1.165, 1.54) is 25.8 Å². The highest BCUT2D eigenvalue weighted by atomic mass is 16.3. The highest BCUT2D eigenvalue weighted by molar-refractivity contribution is 5.00. The van der Waals surface area contributed by atoms with Crippen LogP contribution in [0, 0.1) is 11.3 Å². The highest BCUT2D eigenvalue weighted by Gasteiger charge is 2.48. The Morgan fingerprint density at radius 2 is 2.00 bits per heavy atom. The van der Waals surface area contributed by atoms with Crippen LogP contribution in [0.25, 0.3) is 0 Å². The van der Waals surface area contributed by atoms with Crippen molar-refractivity contribution in [3.8, 4) is 0 Å². The van der Waals surface area contributed by atoms with E-state index < -0.39 is 0 Å². The molecule has 0 aromatic carbocycles. The number of aliphatic hydroxyl groups is 1. The van der Waals surface area contributed by atoms with Gasteiger partial charge in [0, 0.05) is 25.6 Å². The SMILES string of the molecule is CC.CN1CC(CO)C2(CCC2)C1. The van der Waals surface area contributed by atoms with E-state index in [4.69, 9.17) is 5.11 Å². The van der Waals surface area contributed by atoms with Gasteiger partial charge in [-0.3, -0.25) is 0 Å². The van der Waals surface area contributed by atoms with E-state index in [0.29, 0.717) is 17.9 Å². The second-order valence-corrected chi connectivity index (χ2v) is 4.29. The molecule has 0 aromatic rings. The molecule has 0 aromatic heterocycles. The first kappa shape index (κ1) is 11.0. The predicted octanol–water partition coefficient (Wildman–Crippen LogP) is 1.74. The van der Waals surface area contributed by atoms with E-state index in [0.717, 1.165) is 6.54 Å². The fourth-order valence-corrected chi connectivity index (χ4v) is 2.75. The van der Waals surface area contributed by atoms with Crippen LogP contribution in [0.1, 0.15) is 33.1 Å². The Balaban J connectivity index is 0.000000396. The van der Waals surface area contributed by atoms with Crippen LogP contribution in [-0.2, 0) is 0 Å². The molecule has 1 atom stereocenters. The Morgan fingerprint density at radius 3 is 2.31 bits per heavy atom. The average molecular weight is 185 g/mol. The minimum absolute atomic E-state index is 0.393. The molecule has 0 bridgehead atoms. The summed E-state index contributed by atoms with van der Waals surface area (Å²) in [5.41, 5.74) is 0.531. The molecule has 1 saturated carbocycles. The van der Waals surface area contributed by atoms with Gasteiger partial charge in [-0.05, 0) is 25.3 Å². The summed E-state index contributed by atoms with van der Waals surface area (Å²) >= 11 is 0. The third kappa shape index (κ3) is 1.89. The van der Waals surface area contributed by atoms with E-state index >= 15 is 0 Å². The number of nitrogens with zero attached hydrogens (tertiary/aromatic N) is 1. The van der Waals surface area contributed by atoms with E-state index in [1.54, 1.807) is 0 Å². The molecule has 2 nitrogen and oxygen atoms in total. The van der Waals surface area contributed by atoms with Gasteiger partial charge in [0.2, 0.25) is 0 Å². The zero-order valence-corrected chi connectivity index (χ0v) is 9.21. The largest absolute Gasteiger partial charge is 0.396 e. The van der Waals surface area contributed by atoms with Crippen molar-refractivity contribution in [1.82, 2.24) is 4.90 Å². The molecule has 13 heavy (non-hydrogen) atoms. The Kier molecular flexibility index (Phi) is 3.74. The minimum Gasteiger partial charge on any atom is -0.396 e. The summed E-state index contributed by atoms with van der Waals surface area (Å²) in [6.45, 7) is 6.72. The summed E-state index contributed by atoms with van der Waals surface area (Å²) in [4.78, 5) is 2.36.